The molecule has 19 heavy (non-hydrogen) atoms. The zero-order valence-corrected chi connectivity index (χ0v) is 11.1. The van der Waals surface area contributed by atoms with Crippen molar-refractivity contribution in [3.05, 3.63) is 46.2 Å². The first kappa shape index (κ1) is 13.8. The molecule has 1 heterocycles. The molecule has 2 aromatic rings. The van der Waals surface area contributed by atoms with Crippen molar-refractivity contribution in [3.8, 4) is 0 Å². The van der Waals surface area contributed by atoms with Crippen LogP contribution >= 0.6 is 0 Å². The third-order valence-electron chi connectivity index (χ3n) is 3.27. The lowest BCUT2D eigenvalue weighted by Gasteiger charge is -2.12. The highest BCUT2D eigenvalue weighted by Crippen LogP contribution is 2.10. The Morgan fingerprint density at radius 1 is 1.37 bits per heavy atom. The van der Waals surface area contributed by atoms with E-state index in [1.54, 1.807) is 0 Å². The van der Waals surface area contributed by atoms with Gasteiger partial charge < -0.3 is 15.4 Å². The number of nitrogens with one attached hydrogen (secondary N) is 2. The molecule has 1 aromatic heterocycles. The first-order valence-corrected chi connectivity index (χ1v) is 6.66. The number of rotatable bonds is 6. The second kappa shape index (κ2) is 6.50. The van der Waals surface area contributed by atoms with Gasteiger partial charge in [-0.2, -0.15) is 0 Å². The molecule has 1 atom stereocenters. The fourth-order valence-electron chi connectivity index (χ4n) is 2.11. The summed E-state index contributed by atoms with van der Waals surface area (Å²) in [4.78, 5) is 14.8. The van der Waals surface area contributed by atoms with Gasteiger partial charge in [0.1, 0.15) is 0 Å². The van der Waals surface area contributed by atoms with Crippen molar-refractivity contribution >= 4 is 10.9 Å². The predicted molar refractivity (Wildman–Crippen MR) is 77.2 cm³/mol. The van der Waals surface area contributed by atoms with E-state index in [1.165, 1.54) is 0 Å². The molecule has 3 N–H and O–H groups in total. The number of aromatic amines is 1. The standard InChI is InChI=1S/C15H20N2O2/c1-11(5-4-8-18)16-10-13-9-12-6-2-3-7-14(12)17-15(13)19/h2-3,6-7,9,11,16,18H,4-5,8,10H2,1H3,(H,17,19). The van der Waals surface area contributed by atoms with Crippen molar-refractivity contribution in [2.24, 2.45) is 0 Å². The van der Waals surface area contributed by atoms with Crippen LogP contribution in [0.4, 0.5) is 0 Å². The average molecular weight is 260 g/mol. The average Bonchev–Trinajstić information content (AvgIpc) is 2.42. The van der Waals surface area contributed by atoms with Crippen LogP contribution in [0.3, 0.4) is 0 Å². The quantitative estimate of drug-likeness (QED) is 0.741. The molecule has 0 bridgehead atoms. The molecule has 102 valence electrons. The van der Waals surface area contributed by atoms with Gasteiger partial charge in [-0.3, -0.25) is 4.79 Å². The maximum absolute atomic E-state index is 11.9. The van der Waals surface area contributed by atoms with Crippen molar-refractivity contribution in [2.75, 3.05) is 6.61 Å². The van der Waals surface area contributed by atoms with Gasteiger partial charge in [-0.1, -0.05) is 18.2 Å². The van der Waals surface area contributed by atoms with Gasteiger partial charge in [0.15, 0.2) is 0 Å². The molecule has 0 aliphatic carbocycles. The molecular weight excluding hydrogens is 240 g/mol. The van der Waals surface area contributed by atoms with Crippen LogP contribution < -0.4 is 10.9 Å². The first-order chi connectivity index (χ1) is 9.20. The fourth-order valence-corrected chi connectivity index (χ4v) is 2.11. The summed E-state index contributed by atoms with van der Waals surface area (Å²) in [6.45, 7) is 2.82. The molecular formula is C15H20N2O2. The summed E-state index contributed by atoms with van der Waals surface area (Å²) in [5.41, 5.74) is 1.57. The zero-order chi connectivity index (χ0) is 13.7. The number of benzene rings is 1. The van der Waals surface area contributed by atoms with Gasteiger partial charge in [0.25, 0.3) is 5.56 Å². The van der Waals surface area contributed by atoms with E-state index in [2.05, 4.69) is 17.2 Å². The lowest BCUT2D eigenvalue weighted by molar-refractivity contribution is 0.276. The van der Waals surface area contributed by atoms with Gasteiger partial charge in [-0.05, 0) is 37.3 Å². The molecule has 4 heteroatoms. The van der Waals surface area contributed by atoms with E-state index in [1.807, 2.05) is 30.3 Å². The van der Waals surface area contributed by atoms with Crippen molar-refractivity contribution in [3.63, 3.8) is 0 Å². The Labute approximate surface area is 112 Å². The SMILES string of the molecule is CC(CCCO)NCc1cc2ccccc2[nH]c1=O. The van der Waals surface area contributed by atoms with Crippen LogP contribution in [-0.4, -0.2) is 22.7 Å². The third-order valence-corrected chi connectivity index (χ3v) is 3.27. The lowest BCUT2D eigenvalue weighted by Crippen LogP contribution is -2.28. The highest BCUT2D eigenvalue weighted by Gasteiger charge is 2.05. The Hall–Kier alpha value is -1.65. The normalized spacial score (nSPS) is 12.7. The van der Waals surface area contributed by atoms with Crippen LogP contribution in [0.2, 0.25) is 0 Å². The summed E-state index contributed by atoms with van der Waals surface area (Å²) in [6.07, 6.45) is 1.68. The summed E-state index contributed by atoms with van der Waals surface area (Å²) in [5, 5.41) is 13.1. The lowest BCUT2D eigenvalue weighted by atomic mass is 10.1. The molecule has 0 saturated heterocycles. The smallest absolute Gasteiger partial charge is 0.252 e. The van der Waals surface area contributed by atoms with Crippen LogP contribution in [0.25, 0.3) is 10.9 Å². The van der Waals surface area contributed by atoms with Crippen molar-refractivity contribution in [1.29, 1.82) is 0 Å². The van der Waals surface area contributed by atoms with Gasteiger partial charge >= 0.3 is 0 Å². The van der Waals surface area contributed by atoms with E-state index in [9.17, 15) is 4.79 Å². The molecule has 0 aliphatic rings. The summed E-state index contributed by atoms with van der Waals surface area (Å²) in [5.74, 6) is 0. The maximum atomic E-state index is 11.9. The molecule has 2 rings (SSSR count). The minimum Gasteiger partial charge on any atom is -0.396 e. The number of pyridine rings is 1. The number of hydrogen-bond donors (Lipinski definition) is 3. The van der Waals surface area contributed by atoms with Gasteiger partial charge in [0.05, 0.1) is 0 Å². The summed E-state index contributed by atoms with van der Waals surface area (Å²) >= 11 is 0. The first-order valence-electron chi connectivity index (χ1n) is 6.66. The van der Waals surface area contributed by atoms with Crippen molar-refractivity contribution in [2.45, 2.75) is 32.4 Å². The van der Waals surface area contributed by atoms with E-state index in [-0.39, 0.29) is 18.2 Å². The molecule has 0 saturated carbocycles. The van der Waals surface area contributed by atoms with E-state index in [0.29, 0.717) is 6.54 Å². The Balaban J connectivity index is 2.08. The number of aliphatic hydroxyl groups is 1. The Kier molecular flexibility index (Phi) is 4.71. The van der Waals surface area contributed by atoms with E-state index in [4.69, 9.17) is 5.11 Å². The minimum atomic E-state index is -0.0411. The third kappa shape index (κ3) is 3.66. The van der Waals surface area contributed by atoms with Crippen LogP contribution in [0.1, 0.15) is 25.3 Å². The number of aliphatic hydroxyl groups excluding tert-OH is 1. The largest absolute Gasteiger partial charge is 0.396 e. The number of fused-ring (bicyclic) bond motifs is 1. The van der Waals surface area contributed by atoms with Crippen molar-refractivity contribution < 1.29 is 5.11 Å². The molecule has 0 radical (unpaired) electrons. The van der Waals surface area contributed by atoms with Crippen molar-refractivity contribution in [1.82, 2.24) is 10.3 Å². The number of aromatic nitrogens is 1. The van der Waals surface area contributed by atoms with Gasteiger partial charge in [0.2, 0.25) is 0 Å². The second-order valence-electron chi connectivity index (χ2n) is 4.86. The van der Waals surface area contributed by atoms with E-state index in [0.717, 1.165) is 29.3 Å². The molecule has 0 aliphatic heterocycles. The van der Waals surface area contributed by atoms with Gasteiger partial charge in [-0.15, -0.1) is 0 Å². The Morgan fingerprint density at radius 2 is 2.16 bits per heavy atom. The molecule has 1 unspecified atom stereocenters. The van der Waals surface area contributed by atoms with Crippen LogP contribution in [0, 0.1) is 0 Å². The molecule has 1 aromatic carbocycles. The molecule has 4 nitrogen and oxygen atoms in total. The van der Waals surface area contributed by atoms with E-state index < -0.39 is 0 Å². The number of hydrogen-bond acceptors (Lipinski definition) is 3. The summed E-state index contributed by atoms with van der Waals surface area (Å²) in [6, 6.07) is 9.98. The van der Waals surface area contributed by atoms with E-state index >= 15 is 0 Å². The van der Waals surface area contributed by atoms with Crippen LogP contribution in [0.5, 0.6) is 0 Å². The van der Waals surface area contributed by atoms with Gasteiger partial charge in [0, 0.05) is 30.3 Å². The summed E-state index contributed by atoms with van der Waals surface area (Å²) in [7, 11) is 0. The molecule has 0 fully saturated rings. The minimum absolute atomic E-state index is 0.0411. The monoisotopic (exact) mass is 260 g/mol. The zero-order valence-electron chi connectivity index (χ0n) is 11.1. The highest BCUT2D eigenvalue weighted by molar-refractivity contribution is 5.78. The van der Waals surface area contributed by atoms with Gasteiger partial charge in [-0.25, -0.2) is 0 Å². The maximum Gasteiger partial charge on any atom is 0.252 e. The Morgan fingerprint density at radius 3 is 2.95 bits per heavy atom. The second-order valence-corrected chi connectivity index (χ2v) is 4.86. The fraction of sp³-hybridized carbons (Fsp3) is 0.400. The number of para-hydroxylation sites is 1. The highest BCUT2D eigenvalue weighted by atomic mass is 16.2. The molecule has 0 spiro atoms. The predicted octanol–water partition coefficient (Wildman–Crippen LogP) is 1.78. The summed E-state index contributed by atoms with van der Waals surface area (Å²) < 4.78 is 0. The van der Waals surface area contributed by atoms with Crippen LogP contribution in [0.15, 0.2) is 35.1 Å². The molecule has 0 amide bonds. The Bertz CT molecular complexity index is 592. The topological polar surface area (TPSA) is 65.1 Å². The number of H-pyrrole nitrogens is 1. The van der Waals surface area contributed by atoms with Crippen LogP contribution in [-0.2, 0) is 6.54 Å².